The molecule has 1 amide bonds. The number of aryl methyl sites for hydroxylation is 1. The highest BCUT2D eigenvalue weighted by Crippen LogP contribution is 2.38. The highest BCUT2D eigenvalue weighted by atomic mass is 19.4. The zero-order valence-electron chi connectivity index (χ0n) is 19.8. The van der Waals surface area contributed by atoms with E-state index in [4.69, 9.17) is 0 Å². The van der Waals surface area contributed by atoms with Crippen molar-refractivity contribution >= 4 is 16.7 Å². The number of carbonyl (C=O) groups is 1. The Balaban J connectivity index is 1.27. The van der Waals surface area contributed by atoms with Crippen LogP contribution < -0.4 is 10.9 Å². The number of aromatic nitrogens is 4. The van der Waals surface area contributed by atoms with Crippen molar-refractivity contribution in [2.24, 2.45) is 7.05 Å². The van der Waals surface area contributed by atoms with Crippen LogP contribution in [0.1, 0.15) is 53.3 Å². The maximum absolute atomic E-state index is 14.8. The first-order valence-electron chi connectivity index (χ1n) is 11.8. The van der Waals surface area contributed by atoms with Crippen molar-refractivity contribution in [3.8, 4) is 11.1 Å². The smallest absolute Gasteiger partial charge is 0.349 e. The normalized spacial score (nSPS) is 18.2. The Morgan fingerprint density at radius 2 is 1.76 bits per heavy atom. The van der Waals surface area contributed by atoms with Crippen LogP contribution >= 0.6 is 0 Å². The van der Waals surface area contributed by atoms with E-state index in [1.54, 1.807) is 12.1 Å². The first-order chi connectivity index (χ1) is 17.6. The van der Waals surface area contributed by atoms with E-state index in [0.29, 0.717) is 22.9 Å². The number of hydrogen-bond acceptors (Lipinski definition) is 4. The molecule has 7 nitrogen and oxygen atoms in total. The highest BCUT2D eigenvalue weighted by molar-refractivity contribution is 5.95. The van der Waals surface area contributed by atoms with E-state index in [2.05, 4.69) is 20.6 Å². The number of aromatic amines is 1. The minimum Gasteiger partial charge on any atom is -0.349 e. The van der Waals surface area contributed by atoms with Gasteiger partial charge in [-0.2, -0.15) is 23.4 Å². The first kappa shape index (κ1) is 24.7. The molecule has 192 valence electrons. The van der Waals surface area contributed by atoms with Gasteiger partial charge in [0.15, 0.2) is 0 Å². The number of H-pyrrole nitrogens is 1. The van der Waals surface area contributed by atoms with Crippen LogP contribution in [0.4, 0.5) is 17.6 Å². The van der Waals surface area contributed by atoms with Crippen LogP contribution in [-0.4, -0.2) is 31.9 Å². The predicted molar refractivity (Wildman–Crippen MR) is 128 cm³/mol. The molecule has 1 fully saturated rings. The third-order valence-electron chi connectivity index (χ3n) is 6.90. The number of amides is 1. The van der Waals surface area contributed by atoms with E-state index < -0.39 is 23.6 Å². The molecule has 0 saturated heterocycles. The summed E-state index contributed by atoms with van der Waals surface area (Å²) in [6, 6.07) is 10.6. The van der Waals surface area contributed by atoms with Gasteiger partial charge in [-0.1, -0.05) is 24.3 Å². The molecule has 1 saturated carbocycles. The SMILES string of the molecule is Cn1ncc(-c2ccc(C(=O)N[C@H]3CC[C@H](c4n[nH]c(=O)c5ccccc54)CC3)cc2F)c1C(F)(F)F. The summed E-state index contributed by atoms with van der Waals surface area (Å²) in [5, 5.41) is 14.8. The molecule has 0 atom stereocenters. The van der Waals surface area contributed by atoms with Gasteiger partial charge in [0, 0.05) is 41.1 Å². The van der Waals surface area contributed by atoms with Crippen LogP contribution in [0.15, 0.2) is 53.5 Å². The number of nitrogens with zero attached hydrogens (tertiary/aromatic N) is 3. The predicted octanol–water partition coefficient (Wildman–Crippen LogP) is 4.94. The Bertz CT molecular complexity index is 1530. The molecule has 1 aliphatic rings. The summed E-state index contributed by atoms with van der Waals surface area (Å²) in [4.78, 5) is 24.8. The summed E-state index contributed by atoms with van der Waals surface area (Å²) in [7, 11) is 1.14. The van der Waals surface area contributed by atoms with Crippen molar-refractivity contribution in [2.75, 3.05) is 0 Å². The second kappa shape index (κ2) is 9.45. The minimum absolute atomic E-state index is 0.0223. The van der Waals surface area contributed by atoms with Crippen molar-refractivity contribution in [1.82, 2.24) is 25.3 Å². The van der Waals surface area contributed by atoms with Crippen molar-refractivity contribution in [2.45, 2.75) is 43.8 Å². The number of alkyl halides is 3. The summed E-state index contributed by atoms with van der Waals surface area (Å²) in [5.74, 6) is -1.32. The van der Waals surface area contributed by atoms with E-state index in [1.807, 2.05) is 12.1 Å². The summed E-state index contributed by atoms with van der Waals surface area (Å²) >= 11 is 0. The molecule has 0 spiro atoms. The van der Waals surface area contributed by atoms with Crippen molar-refractivity contribution in [3.63, 3.8) is 0 Å². The summed E-state index contributed by atoms with van der Waals surface area (Å²) in [6.07, 6.45) is -0.947. The van der Waals surface area contributed by atoms with Gasteiger partial charge in [0.2, 0.25) is 0 Å². The van der Waals surface area contributed by atoms with Crippen LogP contribution in [0.5, 0.6) is 0 Å². The van der Waals surface area contributed by atoms with Gasteiger partial charge in [0.05, 0.1) is 17.3 Å². The molecule has 4 aromatic rings. The van der Waals surface area contributed by atoms with E-state index in [1.165, 1.54) is 12.1 Å². The molecule has 0 radical (unpaired) electrons. The lowest BCUT2D eigenvalue weighted by atomic mass is 9.82. The lowest BCUT2D eigenvalue weighted by Crippen LogP contribution is -2.37. The Morgan fingerprint density at radius 1 is 1.05 bits per heavy atom. The second-order valence-corrected chi connectivity index (χ2v) is 9.23. The molecule has 5 rings (SSSR count). The molecule has 2 aromatic carbocycles. The van der Waals surface area contributed by atoms with Crippen LogP contribution in [0.2, 0.25) is 0 Å². The summed E-state index contributed by atoms with van der Waals surface area (Å²) in [6.45, 7) is 0. The third kappa shape index (κ3) is 4.73. The zero-order chi connectivity index (χ0) is 26.3. The average Bonchev–Trinajstić information content (AvgIpc) is 3.26. The Labute approximate surface area is 208 Å². The topological polar surface area (TPSA) is 92.7 Å². The van der Waals surface area contributed by atoms with Gasteiger partial charge in [0.1, 0.15) is 11.5 Å². The average molecular weight is 513 g/mol. The summed E-state index contributed by atoms with van der Waals surface area (Å²) < 4.78 is 55.7. The van der Waals surface area contributed by atoms with Gasteiger partial charge in [-0.25, -0.2) is 9.49 Å². The molecule has 2 aromatic heterocycles. The molecular formula is C26H23F4N5O2. The van der Waals surface area contributed by atoms with Gasteiger partial charge in [0.25, 0.3) is 11.5 Å². The van der Waals surface area contributed by atoms with Crippen molar-refractivity contribution < 1.29 is 22.4 Å². The Morgan fingerprint density at radius 3 is 2.43 bits per heavy atom. The van der Waals surface area contributed by atoms with Crippen LogP contribution in [0.3, 0.4) is 0 Å². The van der Waals surface area contributed by atoms with E-state index in [9.17, 15) is 27.2 Å². The molecule has 1 aliphatic carbocycles. The number of carbonyl (C=O) groups excluding carboxylic acids is 1. The van der Waals surface area contributed by atoms with Crippen molar-refractivity contribution in [3.05, 3.63) is 81.8 Å². The Hall–Kier alpha value is -4.02. The quantitative estimate of drug-likeness (QED) is 0.378. The van der Waals surface area contributed by atoms with E-state index in [-0.39, 0.29) is 34.2 Å². The standard InChI is InChI=1S/C26H23F4N5O2/c1-35-23(26(28,29)30)20(13-31-35)17-11-8-15(12-21(17)27)24(36)32-16-9-6-14(7-10-16)22-18-4-2-3-5-19(18)25(37)34-33-22/h2-5,8,11-14,16H,6-7,9-10H2,1H3,(H,32,36)(H,34,37)/t14-,16-. The fraction of sp³-hybridized carbons (Fsp3) is 0.308. The number of nitrogens with one attached hydrogen (secondary N) is 2. The monoisotopic (exact) mass is 513 g/mol. The molecule has 11 heteroatoms. The van der Waals surface area contributed by atoms with Crippen LogP contribution in [-0.2, 0) is 13.2 Å². The van der Waals surface area contributed by atoms with Gasteiger partial charge in [-0.05, 0) is 43.9 Å². The molecular weight excluding hydrogens is 490 g/mol. The lowest BCUT2D eigenvalue weighted by molar-refractivity contribution is -0.143. The zero-order valence-corrected chi connectivity index (χ0v) is 19.8. The largest absolute Gasteiger partial charge is 0.433 e. The fourth-order valence-corrected chi connectivity index (χ4v) is 5.07. The van der Waals surface area contributed by atoms with Gasteiger partial charge in [-0.3, -0.25) is 14.3 Å². The van der Waals surface area contributed by atoms with Gasteiger partial charge < -0.3 is 5.32 Å². The van der Waals surface area contributed by atoms with Gasteiger partial charge in [-0.15, -0.1) is 0 Å². The van der Waals surface area contributed by atoms with E-state index >= 15 is 0 Å². The van der Waals surface area contributed by atoms with E-state index in [0.717, 1.165) is 43.2 Å². The Kier molecular flexibility index (Phi) is 6.30. The number of rotatable bonds is 4. The fourth-order valence-electron chi connectivity index (χ4n) is 5.07. The minimum atomic E-state index is -4.71. The molecule has 2 heterocycles. The number of fused-ring (bicyclic) bond motifs is 1. The summed E-state index contributed by atoms with van der Waals surface area (Å²) in [5.41, 5.74) is -1.12. The molecule has 37 heavy (non-hydrogen) atoms. The molecule has 0 aliphatic heterocycles. The number of hydrogen-bond donors (Lipinski definition) is 2. The maximum atomic E-state index is 14.8. The lowest BCUT2D eigenvalue weighted by Gasteiger charge is -2.29. The molecule has 0 unspecified atom stereocenters. The maximum Gasteiger partial charge on any atom is 0.433 e. The van der Waals surface area contributed by atoms with Crippen molar-refractivity contribution in [1.29, 1.82) is 0 Å². The van der Waals surface area contributed by atoms with Crippen LogP contribution in [0.25, 0.3) is 21.9 Å². The molecule has 0 bridgehead atoms. The van der Waals surface area contributed by atoms with Crippen LogP contribution in [0, 0.1) is 5.82 Å². The second-order valence-electron chi connectivity index (χ2n) is 9.23. The third-order valence-corrected chi connectivity index (χ3v) is 6.90. The highest BCUT2D eigenvalue weighted by Gasteiger charge is 2.38. The molecule has 2 N–H and O–H groups in total. The van der Waals surface area contributed by atoms with Gasteiger partial charge >= 0.3 is 6.18 Å². The number of benzene rings is 2. The number of halogens is 4. The first-order valence-corrected chi connectivity index (χ1v) is 11.8.